The maximum absolute atomic E-state index is 12.0. The summed E-state index contributed by atoms with van der Waals surface area (Å²) in [6.45, 7) is 4.12. The second-order valence-corrected chi connectivity index (χ2v) is 4.65. The minimum Gasteiger partial charge on any atom is -0.360 e. The van der Waals surface area contributed by atoms with Gasteiger partial charge in [0.05, 0.1) is 24.0 Å². The Morgan fingerprint density at radius 2 is 2.32 bits per heavy atom. The van der Waals surface area contributed by atoms with E-state index in [1.54, 1.807) is 6.07 Å². The number of hydrogen-bond donors (Lipinski definition) is 1. The molecule has 0 radical (unpaired) electrons. The molecule has 2 heterocycles. The molecular weight excluding hydrogens is 268 g/mol. The Morgan fingerprint density at radius 3 is 2.95 bits per heavy atom. The molecule has 0 unspecified atom stereocenters. The lowest BCUT2D eigenvalue weighted by molar-refractivity contribution is 0.0941. The van der Waals surface area contributed by atoms with E-state index in [1.165, 1.54) is 12.4 Å². The lowest BCUT2D eigenvalue weighted by Crippen LogP contribution is -2.24. The minimum atomic E-state index is -0.370. The summed E-state index contributed by atoms with van der Waals surface area (Å²) in [6.07, 6.45) is 2.95. The van der Waals surface area contributed by atoms with Crippen molar-refractivity contribution in [2.75, 3.05) is 0 Å². The van der Waals surface area contributed by atoms with Crippen LogP contribution in [0.2, 0.25) is 5.02 Å². The summed E-state index contributed by atoms with van der Waals surface area (Å²) < 4.78 is 4.88. The van der Waals surface area contributed by atoms with E-state index >= 15 is 0 Å². The Kier molecular flexibility index (Phi) is 4.11. The molecule has 1 N–H and O–H groups in total. The van der Waals surface area contributed by atoms with E-state index in [2.05, 4.69) is 20.4 Å². The maximum Gasteiger partial charge on any atom is 0.271 e. The third-order valence-corrected chi connectivity index (χ3v) is 2.69. The molecular formula is C12H13ClN4O2. The van der Waals surface area contributed by atoms with Gasteiger partial charge in [0.15, 0.2) is 5.76 Å². The number of amides is 1. The Balaban J connectivity index is 2.11. The van der Waals surface area contributed by atoms with Gasteiger partial charge in [0.2, 0.25) is 0 Å². The highest BCUT2D eigenvalue weighted by molar-refractivity contribution is 6.33. The van der Waals surface area contributed by atoms with Crippen molar-refractivity contribution in [3.63, 3.8) is 0 Å². The molecule has 7 heteroatoms. The first kappa shape index (κ1) is 13.5. The van der Waals surface area contributed by atoms with Crippen molar-refractivity contribution in [2.24, 2.45) is 0 Å². The van der Waals surface area contributed by atoms with Crippen LogP contribution in [-0.2, 0) is 6.54 Å². The average molecular weight is 281 g/mol. The van der Waals surface area contributed by atoms with Gasteiger partial charge in [-0.1, -0.05) is 30.6 Å². The number of nitrogens with zero attached hydrogens (tertiary/aromatic N) is 3. The smallest absolute Gasteiger partial charge is 0.271 e. The molecule has 0 spiro atoms. The fraction of sp³-hybridized carbons (Fsp3) is 0.333. The minimum absolute atomic E-state index is 0.123. The van der Waals surface area contributed by atoms with Crippen LogP contribution in [0.3, 0.4) is 0 Å². The number of rotatable bonds is 4. The Labute approximate surface area is 115 Å². The second-order valence-electron chi connectivity index (χ2n) is 4.24. The zero-order valence-corrected chi connectivity index (χ0v) is 11.3. The standard InChI is InChI=1S/C12H13ClN4O2/c1-7(2)11-14-6-9(13)10(17-11)12(18)15-5-8-3-4-16-19-8/h3-4,6-7H,5H2,1-2H3,(H,15,18). The van der Waals surface area contributed by atoms with Gasteiger partial charge in [-0.3, -0.25) is 4.79 Å². The van der Waals surface area contributed by atoms with Gasteiger partial charge in [-0.15, -0.1) is 0 Å². The van der Waals surface area contributed by atoms with Crippen LogP contribution in [0.25, 0.3) is 0 Å². The van der Waals surface area contributed by atoms with Crippen molar-refractivity contribution >= 4 is 17.5 Å². The van der Waals surface area contributed by atoms with Gasteiger partial charge in [-0.2, -0.15) is 0 Å². The van der Waals surface area contributed by atoms with Crippen LogP contribution in [0.4, 0.5) is 0 Å². The molecule has 0 fully saturated rings. The zero-order valence-electron chi connectivity index (χ0n) is 10.6. The third-order valence-electron chi connectivity index (χ3n) is 2.41. The van der Waals surface area contributed by atoms with E-state index in [0.717, 1.165) is 0 Å². The SMILES string of the molecule is CC(C)c1ncc(Cl)c(C(=O)NCc2ccno2)n1. The van der Waals surface area contributed by atoms with Crippen LogP contribution >= 0.6 is 11.6 Å². The van der Waals surface area contributed by atoms with Crippen LogP contribution in [0.5, 0.6) is 0 Å². The monoisotopic (exact) mass is 280 g/mol. The van der Waals surface area contributed by atoms with E-state index in [0.29, 0.717) is 11.6 Å². The quantitative estimate of drug-likeness (QED) is 0.928. The molecule has 2 aromatic rings. The fourth-order valence-electron chi connectivity index (χ4n) is 1.40. The molecule has 6 nitrogen and oxygen atoms in total. The Morgan fingerprint density at radius 1 is 1.53 bits per heavy atom. The lowest BCUT2D eigenvalue weighted by atomic mass is 10.2. The van der Waals surface area contributed by atoms with Gasteiger partial charge in [0, 0.05) is 12.0 Å². The highest BCUT2D eigenvalue weighted by Gasteiger charge is 2.15. The summed E-state index contributed by atoms with van der Waals surface area (Å²) in [5.41, 5.74) is 0.167. The number of hydrogen-bond acceptors (Lipinski definition) is 5. The largest absolute Gasteiger partial charge is 0.360 e. The van der Waals surface area contributed by atoms with Crippen molar-refractivity contribution < 1.29 is 9.32 Å². The molecule has 0 atom stereocenters. The topological polar surface area (TPSA) is 80.9 Å². The predicted octanol–water partition coefficient (Wildman–Crippen LogP) is 2.17. The molecule has 2 aromatic heterocycles. The van der Waals surface area contributed by atoms with Gasteiger partial charge in [0.1, 0.15) is 11.5 Å². The highest BCUT2D eigenvalue weighted by atomic mass is 35.5. The molecule has 0 aliphatic heterocycles. The Bertz CT molecular complexity index is 569. The average Bonchev–Trinajstić information content (AvgIpc) is 2.89. The number of carbonyl (C=O) groups is 1. The molecule has 0 aromatic carbocycles. The van der Waals surface area contributed by atoms with E-state index < -0.39 is 0 Å². The molecule has 0 bridgehead atoms. The molecule has 0 aliphatic rings. The molecule has 0 saturated carbocycles. The number of nitrogens with one attached hydrogen (secondary N) is 1. The molecule has 0 saturated heterocycles. The van der Waals surface area contributed by atoms with Crippen molar-refractivity contribution in [3.8, 4) is 0 Å². The summed E-state index contributed by atoms with van der Waals surface area (Å²) in [4.78, 5) is 20.2. The van der Waals surface area contributed by atoms with Gasteiger partial charge in [-0.05, 0) is 0 Å². The van der Waals surface area contributed by atoms with Crippen molar-refractivity contribution in [2.45, 2.75) is 26.3 Å². The normalized spacial score (nSPS) is 10.7. The van der Waals surface area contributed by atoms with Crippen LogP contribution in [-0.4, -0.2) is 21.0 Å². The molecule has 1 amide bonds. The lowest BCUT2D eigenvalue weighted by Gasteiger charge is -2.08. The van der Waals surface area contributed by atoms with Crippen molar-refractivity contribution in [3.05, 3.63) is 40.8 Å². The first-order valence-corrected chi connectivity index (χ1v) is 6.16. The summed E-state index contributed by atoms with van der Waals surface area (Å²) in [5.74, 6) is 0.889. The zero-order chi connectivity index (χ0) is 13.8. The maximum atomic E-state index is 12.0. The summed E-state index contributed by atoms with van der Waals surface area (Å²) in [6, 6.07) is 1.67. The molecule has 2 rings (SSSR count). The van der Waals surface area contributed by atoms with E-state index in [1.807, 2.05) is 13.8 Å². The van der Waals surface area contributed by atoms with Crippen molar-refractivity contribution in [1.82, 2.24) is 20.4 Å². The second kappa shape index (κ2) is 5.79. The van der Waals surface area contributed by atoms with E-state index in [9.17, 15) is 4.79 Å². The number of aromatic nitrogens is 3. The molecule has 19 heavy (non-hydrogen) atoms. The first-order valence-electron chi connectivity index (χ1n) is 5.78. The summed E-state index contributed by atoms with van der Waals surface area (Å²) in [7, 11) is 0. The van der Waals surface area contributed by atoms with Crippen LogP contribution in [0.1, 0.15) is 41.8 Å². The van der Waals surface area contributed by atoms with Gasteiger partial charge >= 0.3 is 0 Å². The first-order chi connectivity index (χ1) is 9.08. The van der Waals surface area contributed by atoms with E-state index in [-0.39, 0.29) is 29.1 Å². The summed E-state index contributed by atoms with van der Waals surface area (Å²) >= 11 is 5.93. The van der Waals surface area contributed by atoms with Crippen molar-refractivity contribution in [1.29, 1.82) is 0 Å². The van der Waals surface area contributed by atoms with Crippen LogP contribution in [0, 0.1) is 0 Å². The predicted molar refractivity (Wildman–Crippen MR) is 68.8 cm³/mol. The van der Waals surface area contributed by atoms with Gasteiger partial charge < -0.3 is 9.84 Å². The van der Waals surface area contributed by atoms with Crippen LogP contribution < -0.4 is 5.32 Å². The fourth-order valence-corrected chi connectivity index (χ4v) is 1.58. The molecule has 100 valence electrons. The third kappa shape index (κ3) is 3.29. The Hall–Kier alpha value is -1.95. The van der Waals surface area contributed by atoms with Gasteiger partial charge in [-0.25, -0.2) is 9.97 Å². The number of halogens is 1. The van der Waals surface area contributed by atoms with Crippen LogP contribution in [0.15, 0.2) is 23.0 Å². The van der Waals surface area contributed by atoms with E-state index in [4.69, 9.17) is 16.1 Å². The number of carbonyl (C=O) groups excluding carboxylic acids is 1. The highest BCUT2D eigenvalue weighted by Crippen LogP contribution is 2.16. The molecule has 0 aliphatic carbocycles. The summed E-state index contributed by atoms with van der Waals surface area (Å²) in [5, 5.41) is 6.43. The van der Waals surface area contributed by atoms with Gasteiger partial charge in [0.25, 0.3) is 5.91 Å².